The maximum absolute atomic E-state index is 13.3. The topological polar surface area (TPSA) is 17.8 Å². The van der Waals surface area contributed by atoms with Gasteiger partial charge in [-0.05, 0) is 27.6 Å². The van der Waals surface area contributed by atoms with Crippen molar-refractivity contribution >= 4 is 27.5 Å². The van der Waals surface area contributed by atoms with Crippen molar-refractivity contribution in [2.75, 3.05) is 0 Å². The Bertz CT molecular complexity index is 498. The van der Waals surface area contributed by atoms with Gasteiger partial charge in [0.1, 0.15) is 5.82 Å². The number of alkyl halides is 1. The molecule has 0 atom stereocenters. The van der Waals surface area contributed by atoms with E-state index in [0.29, 0.717) is 16.9 Å². The van der Waals surface area contributed by atoms with Gasteiger partial charge in [0.25, 0.3) is 0 Å². The molecule has 0 N–H and O–H groups in total. The van der Waals surface area contributed by atoms with Gasteiger partial charge in [-0.15, -0.1) is 11.6 Å². The van der Waals surface area contributed by atoms with Gasteiger partial charge in [-0.3, -0.25) is 4.68 Å². The first-order valence-electron chi connectivity index (χ1n) is 4.71. The third-order valence-electron chi connectivity index (χ3n) is 2.20. The van der Waals surface area contributed by atoms with E-state index in [9.17, 15) is 4.39 Å². The zero-order valence-corrected chi connectivity index (χ0v) is 10.7. The van der Waals surface area contributed by atoms with Crippen LogP contribution < -0.4 is 0 Å². The summed E-state index contributed by atoms with van der Waals surface area (Å²) < 4.78 is 15.5. The molecule has 1 heterocycles. The summed E-state index contributed by atoms with van der Waals surface area (Å²) in [6, 6.07) is 4.96. The van der Waals surface area contributed by atoms with Gasteiger partial charge in [0.15, 0.2) is 0 Å². The second-order valence-electron chi connectivity index (χ2n) is 3.39. The molecule has 0 aliphatic carbocycles. The summed E-state index contributed by atoms with van der Waals surface area (Å²) in [5, 5.41) is 4.14. The fraction of sp³-hybridized carbons (Fsp3) is 0.182. The van der Waals surface area contributed by atoms with E-state index in [4.69, 9.17) is 11.6 Å². The van der Waals surface area contributed by atoms with Gasteiger partial charge in [0.2, 0.25) is 0 Å². The third kappa shape index (κ3) is 2.44. The molecule has 0 radical (unpaired) electrons. The molecule has 16 heavy (non-hydrogen) atoms. The van der Waals surface area contributed by atoms with Crippen molar-refractivity contribution in [2.45, 2.75) is 12.4 Å². The minimum atomic E-state index is -0.262. The molecule has 0 spiro atoms. The molecule has 0 saturated heterocycles. The molecule has 0 aliphatic heterocycles. The molecule has 0 unspecified atom stereocenters. The van der Waals surface area contributed by atoms with Crippen LogP contribution in [0.1, 0.15) is 11.1 Å². The van der Waals surface area contributed by atoms with E-state index in [1.807, 2.05) is 12.3 Å². The Morgan fingerprint density at radius 3 is 2.94 bits per heavy atom. The summed E-state index contributed by atoms with van der Waals surface area (Å²) in [6.07, 6.45) is 3.56. The van der Waals surface area contributed by atoms with Crippen molar-refractivity contribution in [1.29, 1.82) is 0 Å². The van der Waals surface area contributed by atoms with Crippen LogP contribution >= 0.6 is 27.5 Å². The molecule has 0 aliphatic rings. The summed E-state index contributed by atoms with van der Waals surface area (Å²) in [5.41, 5.74) is 1.80. The lowest BCUT2D eigenvalue weighted by atomic mass is 10.2. The van der Waals surface area contributed by atoms with Gasteiger partial charge in [0.05, 0.1) is 23.1 Å². The number of hydrogen-bond acceptors (Lipinski definition) is 1. The smallest absolute Gasteiger partial charge is 0.137 e. The summed E-state index contributed by atoms with van der Waals surface area (Å²) in [4.78, 5) is 0. The molecule has 0 saturated carbocycles. The first-order chi connectivity index (χ1) is 7.70. The van der Waals surface area contributed by atoms with Crippen LogP contribution in [0.4, 0.5) is 4.39 Å². The normalized spacial score (nSPS) is 10.7. The van der Waals surface area contributed by atoms with Crippen molar-refractivity contribution in [2.24, 2.45) is 0 Å². The summed E-state index contributed by atoms with van der Waals surface area (Å²) in [6.45, 7) is 0.523. The number of benzene rings is 1. The predicted molar refractivity (Wildman–Crippen MR) is 65.0 cm³/mol. The quantitative estimate of drug-likeness (QED) is 0.793. The maximum atomic E-state index is 13.3. The highest BCUT2D eigenvalue weighted by Crippen LogP contribution is 2.21. The van der Waals surface area contributed by atoms with Crippen LogP contribution in [0.3, 0.4) is 0 Å². The summed E-state index contributed by atoms with van der Waals surface area (Å²) in [7, 11) is 0. The van der Waals surface area contributed by atoms with E-state index in [2.05, 4.69) is 21.0 Å². The monoisotopic (exact) mass is 302 g/mol. The van der Waals surface area contributed by atoms with Crippen LogP contribution in [0.25, 0.3) is 0 Å². The van der Waals surface area contributed by atoms with Gasteiger partial charge >= 0.3 is 0 Å². The molecular weight excluding hydrogens is 294 g/mol. The number of hydrogen-bond donors (Lipinski definition) is 0. The van der Waals surface area contributed by atoms with E-state index >= 15 is 0 Å². The van der Waals surface area contributed by atoms with E-state index in [-0.39, 0.29) is 5.82 Å². The fourth-order valence-electron chi connectivity index (χ4n) is 1.41. The molecule has 1 aromatic heterocycles. The van der Waals surface area contributed by atoms with E-state index in [1.54, 1.807) is 16.9 Å². The van der Waals surface area contributed by atoms with Gasteiger partial charge in [-0.1, -0.05) is 12.1 Å². The molecular formula is C11H9BrClFN2. The standard InChI is InChI=1S/C11H9BrClFN2/c12-11-9(2-1-3-10(11)14)7-16-6-8(4-13)5-15-16/h1-3,5-6H,4,7H2. The first-order valence-corrected chi connectivity index (χ1v) is 6.03. The molecule has 2 aromatic rings. The highest BCUT2D eigenvalue weighted by Gasteiger charge is 2.06. The SMILES string of the molecule is Fc1cccc(Cn2cc(CCl)cn2)c1Br. The van der Waals surface area contributed by atoms with Gasteiger partial charge in [0, 0.05) is 11.8 Å². The van der Waals surface area contributed by atoms with Crippen molar-refractivity contribution in [3.8, 4) is 0 Å². The van der Waals surface area contributed by atoms with Crippen molar-refractivity contribution in [1.82, 2.24) is 9.78 Å². The van der Waals surface area contributed by atoms with Crippen molar-refractivity contribution in [3.63, 3.8) is 0 Å². The molecule has 0 amide bonds. The Labute approximate surface area is 106 Å². The molecule has 0 fully saturated rings. The average molecular weight is 304 g/mol. The predicted octanol–water partition coefficient (Wildman–Crippen LogP) is 3.57. The largest absolute Gasteiger partial charge is 0.268 e. The second-order valence-corrected chi connectivity index (χ2v) is 4.45. The zero-order chi connectivity index (χ0) is 11.5. The van der Waals surface area contributed by atoms with Crippen LogP contribution in [0.2, 0.25) is 0 Å². The van der Waals surface area contributed by atoms with E-state index < -0.39 is 0 Å². The highest BCUT2D eigenvalue weighted by molar-refractivity contribution is 9.10. The Morgan fingerprint density at radius 2 is 2.25 bits per heavy atom. The van der Waals surface area contributed by atoms with Crippen LogP contribution in [0, 0.1) is 5.82 Å². The van der Waals surface area contributed by atoms with E-state index in [0.717, 1.165) is 11.1 Å². The molecule has 5 heteroatoms. The van der Waals surface area contributed by atoms with Crippen LogP contribution in [-0.2, 0) is 12.4 Å². The fourth-order valence-corrected chi connectivity index (χ4v) is 1.93. The molecule has 0 bridgehead atoms. The van der Waals surface area contributed by atoms with E-state index in [1.165, 1.54) is 6.07 Å². The highest BCUT2D eigenvalue weighted by atomic mass is 79.9. The number of aromatic nitrogens is 2. The lowest BCUT2D eigenvalue weighted by Crippen LogP contribution is -2.01. The molecule has 2 rings (SSSR count). The molecule has 1 aromatic carbocycles. The minimum Gasteiger partial charge on any atom is -0.268 e. The Kier molecular flexibility index (Phi) is 3.61. The number of halogens is 3. The summed E-state index contributed by atoms with van der Waals surface area (Å²) >= 11 is 8.90. The minimum absolute atomic E-state index is 0.262. The number of rotatable bonds is 3. The number of nitrogens with zero attached hydrogens (tertiary/aromatic N) is 2. The van der Waals surface area contributed by atoms with Gasteiger partial charge in [-0.2, -0.15) is 5.10 Å². The Balaban J connectivity index is 2.23. The maximum Gasteiger partial charge on any atom is 0.137 e. The van der Waals surface area contributed by atoms with Gasteiger partial charge < -0.3 is 0 Å². The lowest BCUT2D eigenvalue weighted by molar-refractivity contribution is 0.611. The van der Waals surface area contributed by atoms with Crippen molar-refractivity contribution in [3.05, 3.63) is 52.0 Å². The third-order valence-corrected chi connectivity index (χ3v) is 3.40. The summed E-state index contributed by atoms with van der Waals surface area (Å²) in [5.74, 6) is 0.173. The average Bonchev–Trinajstić information content (AvgIpc) is 2.73. The Morgan fingerprint density at radius 1 is 1.44 bits per heavy atom. The van der Waals surface area contributed by atoms with Crippen LogP contribution in [0.15, 0.2) is 35.1 Å². The van der Waals surface area contributed by atoms with Crippen LogP contribution in [0.5, 0.6) is 0 Å². The Hall–Kier alpha value is -0.870. The lowest BCUT2D eigenvalue weighted by Gasteiger charge is -2.05. The second kappa shape index (κ2) is 4.97. The zero-order valence-electron chi connectivity index (χ0n) is 8.33. The first kappa shape index (κ1) is 11.6. The molecule has 84 valence electrons. The molecule has 2 nitrogen and oxygen atoms in total. The van der Waals surface area contributed by atoms with Crippen molar-refractivity contribution < 1.29 is 4.39 Å². The van der Waals surface area contributed by atoms with Gasteiger partial charge in [-0.25, -0.2) is 4.39 Å². The van der Waals surface area contributed by atoms with Crippen LogP contribution in [-0.4, -0.2) is 9.78 Å².